The van der Waals surface area contributed by atoms with E-state index in [4.69, 9.17) is 28.7 Å². The summed E-state index contributed by atoms with van der Waals surface area (Å²) in [5.41, 5.74) is -1.52. The van der Waals surface area contributed by atoms with Gasteiger partial charge in [0.05, 0.1) is 12.8 Å². The second-order valence-electron chi connectivity index (χ2n) is 5.57. The lowest BCUT2D eigenvalue weighted by molar-refractivity contribution is -0.0500. The van der Waals surface area contributed by atoms with Gasteiger partial charge in [0.2, 0.25) is 5.11 Å². The fourth-order valence-corrected chi connectivity index (χ4v) is 2.71. The van der Waals surface area contributed by atoms with Crippen molar-refractivity contribution in [3.05, 3.63) is 64.7 Å². The van der Waals surface area contributed by atoms with Crippen molar-refractivity contribution in [3.8, 4) is 5.75 Å². The summed E-state index contributed by atoms with van der Waals surface area (Å²) in [4.78, 5) is 4.94. The van der Waals surface area contributed by atoms with E-state index in [9.17, 15) is 21.6 Å². The van der Waals surface area contributed by atoms with Crippen LogP contribution >= 0.6 is 23.8 Å². The van der Waals surface area contributed by atoms with Gasteiger partial charge in [-0.3, -0.25) is 10.3 Å². The molecule has 0 heterocycles. The Morgan fingerprint density at radius 2 is 1.60 bits per heavy atom. The van der Waals surface area contributed by atoms with Crippen LogP contribution in [0.1, 0.15) is 11.1 Å². The van der Waals surface area contributed by atoms with Crippen LogP contribution in [0.4, 0.5) is 13.2 Å². The average Bonchev–Trinajstić information content (AvgIpc) is 2.68. The maximum atomic E-state index is 12.5. The summed E-state index contributed by atoms with van der Waals surface area (Å²) < 4.78 is 63.8. The van der Waals surface area contributed by atoms with Gasteiger partial charge in [-0.05, 0) is 48.6 Å². The number of benzene rings is 2. The Bertz CT molecular complexity index is 1030. The van der Waals surface area contributed by atoms with Crippen molar-refractivity contribution < 1.29 is 30.6 Å². The van der Waals surface area contributed by atoms with Crippen LogP contribution in [-0.2, 0) is 15.0 Å². The first kappa shape index (κ1) is 23.9. The van der Waals surface area contributed by atoms with E-state index in [1.807, 2.05) is 0 Å². The number of hydrogen-bond donors (Lipinski definition) is 1. The molecule has 2 aromatic carbocycles. The van der Waals surface area contributed by atoms with Gasteiger partial charge < -0.3 is 4.18 Å². The van der Waals surface area contributed by atoms with E-state index in [0.29, 0.717) is 21.9 Å². The first-order valence-corrected chi connectivity index (χ1v) is 10.2. The monoisotopic (exact) mass is 481 g/mol. The molecule has 13 heteroatoms. The summed E-state index contributed by atoms with van der Waals surface area (Å²) >= 11 is 11.0. The van der Waals surface area contributed by atoms with Crippen LogP contribution in [0.25, 0.3) is 0 Å². The van der Waals surface area contributed by atoms with Gasteiger partial charge in [0.25, 0.3) is 0 Å². The van der Waals surface area contributed by atoms with E-state index in [1.54, 1.807) is 31.3 Å². The zero-order valence-corrected chi connectivity index (χ0v) is 17.9. The van der Waals surface area contributed by atoms with Crippen LogP contribution in [0.5, 0.6) is 5.75 Å². The summed E-state index contributed by atoms with van der Waals surface area (Å²) in [6, 6.07) is 11.4. The number of thiocarbonyl (C=S) groups is 1. The van der Waals surface area contributed by atoms with Crippen LogP contribution in [0, 0.1) is 0 Å². The largest absolute Gasteiger partial charge is 0.534 e. The molecule has 0 amide bonds. The lowest BCUT2D eigenvalue weighted by Crippen LogP contribution is -2.34. The molecular formula is C17H15ClF3N3O4S2. The molecule has 0 aliphatic carbocycles. The van der Waals surface area contributed by atoms with Gasteiger partial charge in [0.1, 0.15) is 5.75 Å². The van der Waals surface area contributed by atoms with Crippen LogP contribution in [0.15, 0.2) is 53.6 Å². The first-order chi connectivity index (χ1) is 13.9. The molecule has 2 aromatic rings. The van der Waals surface area contributed by atoms with Gasteiger partial charge in [-0.1, -0.05) is 23.7 Å². The predicted molar refractivity (Wildman–Crippen MR) is 110 cm³/mol. The third kappa shape index (κ3) is 6.05. The zero-order valence-electron chi connectivity index (χ0n) is 15.5. The van der Waals surface area contributed by atoms with Crippen molar-refractivity contribution in [1.82, 2.24) is 10.5 Å². The molecule has 0 radical (unpaired) electrons. The molecule has 1 N–H and O–H groups in total. The molecule has 0 aromatic heterocycles. The van der Waals surface area contributed by atoms with E-state index < -0.39 is 21.4 Å². The fourth-order valence-electron chi connectivity index (χ4n) is 2.00. The summed E-state index contributed by atoms with van der Waals surface area (Å²) in [5.74, 6) is -0.505. The Morgan fingerprint density at radius 3 is 2.07 bits per heavy atom. The summed E-state index contributed by atoms with van der Waals surface area (Å²) in [7, 11) is -2.80. The van der Waals surface area contributed by atoms with E-state index in [0.717, 1.165) is 12.1 Å². The molecule has 0 aliphatic rings. The number of halogens is 4. The van der Waals surface area contributed by atoms with Crippen LogP contribution in [0.3, 0.4) is 0 Å². The number of hydrazone groups is 1. The maximum Gasteiger partial charge on any atom is 0.534 e. The highest BCUT2D eigenvalue weighted by Gasteiger charge is 2.48. The second-order valence-corrected chi connectivity index (χ2v) is 7.93. The predicted octanol–water partition coefficient (Wildman–Crippen LogP) is 3.69. The topological polar surface area (TPSA) is 80.2 Å². The van der Waals surface area contributed by atoms with Gasteiger partial charge in [-0.2, -0.15) is 26.7 Å². The molecular weight excluding hydrogens is 467 g/mol. The molecule has 0 saturated carbocycles. The smallest absolute Gasteiger partial charge is 0.376 e. The van der Waals surface area contributed by atoms with E-state index in [2.05, 4.69) is 14.7 Å². The highest BCUT2D eigenvalue weighted by atomic mass is 35.5. The van der Waals surface area contributed by atoms with Crippen LogP contribution in [-0.4, -0.2) is 44.0 Å². The van der Waals surface area contributed by atoms with Crippen molar-refractivity contribution in [2.24, 2.45) is 5.10 Å². The quantitative estimate of drug-likeness (QED) is 0.221. The summed E-state index contributed by atoms with van der Waals surface area (Å²) in [6.45, 7) is 0. The maximum absolute atomic E-state index is 12.5. The molecule has 0 spiro atoms. The Morgan fingerprint density at radius 1 is 1.10 bits per heavy atom. The third-order valence-corrected chi connectivity index (χ3v) is 5.14. The Hall–Kier alpha value is -2.41. The Balaban J connectivity index is 2.37. The molecule has 162 valence electrons. The Kier molecular flexibility index (Phi) is 7.64. The standard InChI is InChI=1S/C17H15ClF3N3O4S2/c1-24(27-2)16(29)23-22-15(11-3-7-13(18)8-4-11)12-5-9-14(10-6-12)28-30(25,26)17(19,20)21/h3-10H,1-2H3,(H,23,29). The van der Waals surface area contributed by atoms with Crippen molar-refractivity contribution in [2.75, 3.05) is 14.2 Å². The Labute approximate surface area is 181 Å². The van der Waals surface area contributed by atoms with E-state index in [-0.39, 0.29) is 5.11 Å². The van der Waals surface area contributed by atoms with Crippen molar-refractivity contribution >= 4 is 44.8 Å². The van der Waals surface area contributed by atoms with Gasteiger partial charge in [0.15, 0.2) is 0 Å². The minimum absolute atomic E-state index is 0.139. The summed E-state index contributed by atoms with van der Waals surface area (Å²) in [5, 5.41) is 6.10. The van der Waals surface area contributed by atoms with Crippen molar-refractivity contribution in [2.45, 2.75) is 5.51 Å². The molecule has 7 nitrogen and oxygen atoms in total. The molecule has 0 saturated heterocycles. The van der Waals surface area contributed by atoms with Gasteiger partial charge in [-0.25, -0.2) is 5.06 Å². The molecule has 30 heavy (non-hydrogen) atoms. The number of rotatable bonds is 6. The number of nitrogens with one attached hydrogen (secondary N) is 1. The SMILES string of the molecule is CON(C)C(=S)NN=C(c1ccc(Cl)cc1)c1ccc(OS(=O)(=O)C(F)(F)F)cc1. The molecule has 0 bridgehead atoms. The minimum atomic E-state index is -5.77. The third-order valence-electron chi connectivity index (χ3n) is 3.56. The minimum Gasteiger partial charge on any atom is -0.376 e. The van der Waals surface area contributed by atoms with Gasteiger partial charge in [0, 0.05) is 23.2 Å². The lowest BCUT2D eigenvalue weighted by atomic mass is 10.0. The number of hydroxylamine groups is 2. The molecule has 0 fully saturated rings. The molecule has 2 rings (SSSR count). The van der Waals surface area contributed by atoms with Gasteiger partial charge in [-0.15, -0.1) is 0 Å². The van der Waals surface area contributed by atoms with E-state index in [1.165, 1.54) is 24.3 Å². The van der Waals surface area contributed by atoms with Crippen LogP contribution < -0.4 is 9.61 Å². The number of alkyl halides is 3. The zero-order chi connectivity index (χ0) is 22.5. The van der Waals surface area contributed by atoms with E-state index >= 15 is 0 Å². The van der Waals surface area contributed by atoms with Crippen molar-refractivity contribution in [1.29, 1.82) is 0 Å². The highest BCUT2D eigenvalue weighted by Crippen LogP contribution is 2.27. The lowest BCUT2D eigenvalue weighted by Gasteiger charge is -2.16. The first-order valence-electron chi connectivity index (χ1n) is 7.97. The molecule has 0 aliphatic heterocycles. The van der Waals surface area contributed by atoms with Gasteiger partial charge >= 0.3 is 15.6 Å². The fraction of sp³-hybridized carbons (Fsp3) is 0.176. The highest BCUT2D eigenvalue weighted by molar-refractivity contribution is 7.88. The normalized spacial score (nSPS) is 12.4. The number of nitrogens with zero attached hydrogens (tertiary/aromatic N) is 2. The average molecular weight is 482 g/mol. The molecule has 0 atom stereocenters. The van der Waals surface area contributed by atoms with Crippen molar-refractivity contribution in [3.63, 3.8) is 0 Å². The molecule has 0 unspecified atom stereocenters. The summed E-state index contributed by atoms with van der Waals surface area (Å²) in [6.07, 6.45) is 0. The van der Waals surface area contributed by atoms with Crippen LogP contribution in [0.2, 0.25) is 5.02 Å². The number of hydrogen-bond acceptors (Lipinski definition) is 6. The second kappa shape index (κ2) is 9.60.